The minimum atomic E-state index is -5.44. The quantitative estimate of drug-likeness (QED) is 0.102. The molecule has 254 valence electrons. The Morgan fingerprint density at radius 1 is 0.979 bits per heavy atom. The molecule has 0 radical (unpaired) electrons. The summed E-state index contributed by atoms with van der Waals surface area (Å²) in [6, 6.07) is 17.4. The number of carbonyl (C=O) groups is 2. The molecule has 1 aromatic heterocycles. The van der Waals surface area contributed by atoms with Gasteiger partial charge in [-0.05, 0) is 93.4 Å². The highest BCUT2D eigenvalue weighted by molar-refractivity contribution is 5.95. The van der Waals surface area contributed by atoms with E-state index < -0.39 is 23.8 Å². The topological polar surface area (TPSA) is 134 Å². The number of hydrogen-bond acceptors (Lipinski definition) is 9. The fraction of sp³-hybridized carbons (Fsp3) is 0.343. The predicted octanol–water partition coefficient (Wildman–Crippen LogP) is 6.48. The van der Waals surface area contributed by atoms with E-state index >= 15 is 0 Å². The van der Waals surface area contributed by atoms with Gasteiger partial charge >= 0.3 is 12.1 Å². The number of aromatic nitrogens is 1. The molecular weight excluding hydrogens is 629 g/mol. The summed E-state index contributed by atoms with van der Waals surface area (Å²) in [5.41, 5.74) is 3.80. The highest BCUT2D eigenvalue weighted by Gasteiger charge is 2.52. The largest absolute Gasteiger partial charge is 0.493 e. The van der Waals surface area contributed by atoms with Gasteiger partial charge in [0.25, 0.3) is 11.6 Å². The summed E-state index contributed by atoms with van der Waals surface area (Å²) in [5.74, 6) is -2.06. The molecule has 0 bridgehead atoms. The normalized spacial score (nSPS) is 14.2. The molecule has 1 aliphatic carbocycles. The number of ether oxygens (including phenoxy) is 4. The first-order chi connectivity index (χ1) is 22.9. The van der Waals surface area contributed by atoms with E-state index in [2.05, 4.69) is 15.6 Å². The maximum absolute atomic E-state index is 14.4. The number of nitrogens with two attached hydrogens (primary N) is 1. The molecule has 0 saturated heterocycles. The van der Waals surface area contributed by atoms with Crippen molar-refractivity contribution in [2.75, 3.05) is 24.3 Å². The number of nitrogens with zero attached hydrogens (tertiary/aromatic N) is 1. The first-order valence-electron chi connectivity index (χ1n) is 15.5. The predicted molar refractivity (Wildman–Crippen MR) is 173 cm³/mol. The number of nitrogens with one attached hydrogen (secondary N) is 2. The third-order valence-corrected chi connectivity index (χ3v) is 7.51. The summed E-state index contributed by atoms with van der Waals surface area (Å²) in [5, 5.41) is 6.63. The van der Waals surface area contributed by atoms with Gasteiger partial charge in [-0.15, -0.1) is 0 Å². The van der Waals surface area contributed by atoms with Crippen molar-refractivity contribution in [1.29, 1.82) is 0 Å². The number of fused-ring (bicyclic) bond motifs is 1. The van der Waals surface area contributed by atoms with E-state index in [1.165, 1.54) is 30.5 Å². The van der Waals surface area contributed by atoms with Crippen LogP contribution in [0.2, 0.25) is 0 Å². The van der Waals surface area contributed by atoms with Crippen LogP contribution in [0.25, 0.3) is 10.8 Å². The number of para-hydroxylation sites is 1. The Bertz CT molecular complexity index is 1780. The molecule has 1 heterocycles. The molecule has 1 unspecified atom stereocenters. The van der Waals surface area contributed by atoms with E-state index in [9.17, 15) is 22.8 Å². The standard InChI is InChI=1S/C35H37F3N4O6/c1-4-45-30-18-25(11-14-29(30)47-21(2)3)34(48-33(44)35(36,37)38,42-26-12-13-27-23(17-26)15-16-40-31(27)39)32(43)41-19-24-7-5-6-8-28(24)46-20-22-9-10-22/h5-8,11-18,21-22,42H,4,9-10,19-20H2,1-3H3,(H2,39,40)(H,41,43). The van der Waals surface area contributed by atoms with Crippen molar-refractivity contribution in [1.82, 2.24) is 10.3 Å². The molecule has 10 nitrogen and oxygen atoms in total. The van der Waals surface area contributed by atoms with Gasteiger partial charge in [-0.2, -0.15) is 13.2 Å². The van der Waals surface area contributed by atoms with Crippen molar-refractivity contribution in [3.63, 3.8) is 0 Å². The molecule has 4 N–H and O–H groups in total. The summed E-state index contributed by atoms with van der Waals surface area (Å²) in [6.45, 7) is 5.83. The van der Waals surface area contributed by atoms with Crippen molar-refractivity contribution in [3.05, 3.63) is 84.1 Å². The average molecular weight is 667 g/mol. The molecule has 1 fully saturated rings. The Kier molecular flexibility index (Phi) is 10.2. The van der Waals surface area contributed by atoms with E-state index in [4.69, 9.17) is 24.7 Å². The van der Waals surface area contributed by atoms with Crippen molar-refractivity contribution in [2.45, 2.75) is 58.2 Å². The zero-order chi connectivity index (χ0) is 34.5. The molecule has 0 spiro atoms. The Balaban J connectivity index is 1.61. The maximum atomic E-state index is 14.4. The van der Waals surface area contributed by atoms with E-state index in [0.717, 1.165) is 12.8 Å². The van der Waals surface area contributed by atoms with E-state index in [0.29, 0.717) is 34.6 Å². The number of rotatable bonds is 14. The maximum Gasteiger partial charge on any atom is 0.491 e. The molecule has 1 amide bonds. The van der Waals surface area contributed by atoms with E-state index in [1.54, 1.807) is 63.2 Å². The molecule has 5 rings (SSSR count). The fourth-order valence-electron chi connectivity index (χ4n) is 5.00. The number of benzene rings is 3. The van der Waals surface area contributed by atoms with E-state index in [1.807, 2.05) is 0 Å². The molecule has 4 aromatic rings. The molecule has 0 aliphatic heterocycles. The van der Waals surface area contributed by atoms with Crippen LogP contribution in [-0.2, 0) is 26.6 Å². The molecule has 1 aliphatic rings. The van der Waals surface area contributed by atoms with Crippen LogP contribution in [0.15, 0.2) is 72.9 Å². The molecule has 48 heavy (non-hydrogen) atoms. The third-order valence-electron chi connectivity index (χ3n) is 7.51. The van der Waals surface area contributed by atoms with Gasteiger partial charge in [0.2, 0.25) is 0 Å². The van der Waals surface area contributed by atoms with Crippen LogP contribution in [0.3, 0.4) is 0 Å². The lowest BCUT2D eigenvalue weighted by atomic mass is 9.99. The first-order valence-corrected chi connectivity index (χ1v) is 15.5. The number of halogens is 3. The highest BCUT2D eigenvalue weighted by atomic mass is 19.4. The fourth-order valence-corrected chi connectivity index (χ4v) is 5.00. The summed E-state index contributed by atoms with van der Waals surface area (Å²) >= 11 is 0. The number of carbonyl (C=O) groups excluding carboxylic acids is 2. The van der Waals surface area contributed by atoms with Gasteiger partial charge in [0, 0.05) is 34.9 Å². The van der Waals surface area contributed by atoms with Gasteiger partial charge in [0.15, 0.2) is 11.5 Å². The first kappa shape index (κ1) is 34.1. The van der Waals surface area contributed by atoms with Crippen LogP contribution in [0.1, 0.15) is 44.7 Å². The summed E-state index contributed by atoms with van der Waals surface area (Å²) in [7, 11) is 0. The second kappa shape index (κ2) is 14.3. The van der Waals surface area contributed by atoms with Crippen LogP contribution in [0, 0.1) is 5.92 Å². The average Bonchev–Trinajstić information content (AvgIpc) is 3.87. The van der Waals surface area contributed by atoms with Gasteiger partial charge in [-0.25, -0.2) is 9.78 Å². The number of nitrogen functional groups attached to an aromatic ring is 1. The minimum Gasteiger partial charge on any atom is -0.493 e. The monoisotopic (exact) mass is 666 g/mol. The molecule has 1 saturated carbocycles. The lowest BCUT2D eigenvalue weighted by Crippen LogP contribution is -2.54. The van der Waals surface area contributed by atoms with Crippen LogP contribution in [-0.4, -0.2) is 42.4 Å². The van der Waals surface area contributed by atoms with Crippen molar-refractivity contribution in [3.8, 4) is 17.2 Å². The zero-order valence-corrected chi connectivity index (χ0v) is 26.7. The van der Waals surface area contributed by atoms with Crippen molar-refractivity contribution < 1.29 is 41.7 Å². The van der Waals surface area contributed by atoms with Crippen LogP contribution < -0.4 is 30.6 Å². The second-order valence-electron chi connectivity index (χ2n) is 11.6. The number of pyridine rings is 1. The lowest BCUT2D eigenvalue weighted by molar-refractivity contribution is -0.213. The number of anilines is 2. The zero-order valence-electron chi connectivity index (χ0n) is 26.7. The van der Waals surface area contributed by atoms with Gasteiger partial charge in [-0.3, -0.25) is 4.79 Å². The lowest BCUT2D eigenvalue weighted by Gasteiger charge is -2.35. The molecule has 1 atom stereocenters. The Labute approximate surface area is 275 Å². The summed E-state index contributed by atoms with van der Waals surface area (Å²) in [6.07, 6.45) is -2.11. The third kappa shape index (κ3) is 8.01. The Hall–Kier alpha value is -5.20. The van der Waals surface area contributed by atoms with Crippen molar-refractivity contribution in [2.24, 2.45) is 5.92 Å². The number of esters is 1. The molecule has 13 heteroatoms. The Morgan fingerprint density at radius 3 is 2.46 bits per heavy atom. The van der Waals surface area contributed by atoms with Gasteiger partial charge in [-0.1, -0.05) is 18.2 Å². The molecular formula is C35H37F3N4O6. The number of hydrogen-bond donors (Lipinski definition) is 3. The summed E-state index contributed by atoms with van der Waals surface area (Å²) in [4.78, 5) is 31.1. The van der Waals surface area contributed by atoms with Gasteiger partial charge in [0.05, 0.1) is 19.3 Å². The van der Waals surface area contributed by atoms with Crippen LogP contribution in [0.4, 0.5) is 24.7 Å². The minimum absolute atomic E-state index is 0.127. The van der Waals surface area contributed by atoms with Gasteiger partial charge in [0.1, 0.15) is 11.6 Å². The van der Waals surface area contributed by atoms with Gasteiger partial charge < -0.3 is 35.3 Å². The Morgan fingerprint density at radius 2 is 1.75 bits per heavy atom. The SMILES string of the molecule is CCOc1cc(C(Nc2ccc3c(N)nccc3c2)(OC(=O)C(F)(F)F)C(=O)NCc2ccccc2OCC2CC2)ccc1OC(C)C. The number of amides is 1. The van der Waals surface area contributed by atoms with Crippen LogP contribution in [0.5, 0.6) is 17.2 Å². The summed E-state index contributed by atoms with van der Waals surface area (Å²) < 4.78 is 64.5. The highest BCUT2D eigenvalue weighted by Crippen LogP contribution is 2.39. The van der Waals surface area contributed by atoms with Crippen molar-refractivity contribution >= 4 is 34.2 Å². The van der Waals surface area contributed by atoms with E-state index in [-0.39, 0.29) is 47.8 Å². The smallest absolute Gasteiger partial charge is 0.491 e. The van der Waals surface area contributed by atoms with Crippen LogP contribution >= 0.6 is 0 Å². The second-order valence-corrected chi connectivity index (χ2v) is 11.6. The number of alkyl halides is 3. The molecule has 3 aromatic carbocycles.